The van der Waals surface area contributed by atoms with Crippen molar-refractivity contribution >= 4 is 21.9 Å². The molecule has 2 aromatic carbocycles. The van der Waals surface area contributed by atoms with Gasteiger partial charge in [-0.3, -0.25) is 9.59 Å². The Bertz CT molecular complexity index is 1150. The summed E-state index contributed by atoms with van der Waals surface area (Å²) in [5, 5.41) is 0. The lowest BCUT2D eigenvalue weighted by Crippen LogP contribution is -2.43. The Morgan fingerprint density at radius 3 is 2.17 bits per heavy atom. The fourth-order valence-corrected chi connectivity index (χ4v) is 6.29. The van der Waals surface area contributed by atoms with E-state index in [0.717, 1.165) is 30.4 Å². The van der Waals surface area contributed by atoms with Crippen molar-refractivity contribution < 1.29 is 22.7 Å². The second-order valence-corrected chi connectivity index (χ2v) is 11.5. The quantitative estimate of drug-likeness (QED) is 0.562. The van der Waals surface area contributed by atoms with Gasteiger partial charge in [-0.05, 0) is 69.2 Å². The van der Waals surface area contributed by atoms with Crippen LogP contribution in [0.5, 0.6) is 0 Å². The summed E-state index contributed by atoms with van der Waals surface area (Å²) in [6, 6.07) is 14.3. The maximum atomic E-state index is 13.3. The molecule has 0 radical (unpaired) electrons. The number of carbonyl (C=O) groups excluding carboxylic acids is 2. The van der Waals surface area contributed by atoms with Crippen molar-refractivity contribution in [2.24, 2.45) is 5.92 Å². The van der Waals surface area contributed by atoms with Gasteiger partial charge in [0.2, 0.25) is 16.1 Å². The van der Waals surface area contributed by atoms with Gasteiger partial charge in [0.05, 0.1) is 10.8 Å². The van der Waals surface area contributed by atoms with Crippen LogP contribution in [0.4, 0.5) is 0 Å². The molecule has 0 spiro atoms. The molecule has 1 atom stereocenters. The lowest BCUT2D eigenvalue weighted by molar-refractivity contribution is -0.165. The van der Waals surface area contributed by atoms with Gasteiger partial charge in [0.25, 0.3) is 5.91 Å². The van der Waals surface area contributed by atoms with Crippen LogP contribution in [0.25, 0.3) is 0 Å². The van der Waals surface area contributed by atoms with Crippen LogP contribution in [-0.4, -0.2) is 55.7 Å². The van der Waals surface area contributed by atoms with Gasteiger partial charge in [0, 0.05) is 31.7 Å². The van der Waals surface area contributed by atoms with Crippen LogP contribution in [0.3, 0.4) is 0 Å². The van der Waals surface area contributed by atoms with Crippen LogP contribution in [0, 0.1) is 19.8 Å². The molecule has 0 N–H and O–H groups in total. The standard InChI is InChI=1S/C27H34N2O5S/c1-20-11-12-24(19-21(20)2)35(32,33)29-17-13-23(14-18-29)27(31)34-25(22-9-5-3-6-10-22)26(30)28-15-7-4-8-16-28/h3,5-6,9-12,19,23,25H,4,7-8,13-18H2,1-2H3. The second kappa shape index (κ2) is 10.9. The Morgan fingerprint density at radius 1 is 0.886 bits per heavy atom. The summed E-state index contributed by atoms with van der Waals surface area (Å²) < 4.78 is 33.5. The molecule has 2 aliphatic heterocycles. The molecule has 2 aliphatic rings. The maximum absolute atomic E-state index is 13.3. The number of rotatable bonds is 6. The highest BCUT2D eigenvalue weighted by Crippen LogP contribution is 2.29. The third kappa shape index (κ3) is 5.76. The second-order valence-electron chi connectivity index (χ2n) is 9.54. The Morgan fingerprint density at radius 2 is 1.54 bits per heavy atom. The topological polar surface area (TPSA) is 84.0 Å². The summed E-state index contributed by atoms with van der Waals surface area (Å²) in [5.74, 6) is -1.06. The zero-order valence-electron chi connectivity index (χ0n) is 20.5. The minimum atomic E-state index is -3.62. The van der Waals surface area contributed by atoms with Gasteiger partial charge in [-0.25, -0.2) is 8.42 Å². The molecular weight excluding hydrogens is 464 g/mol. The predicted molar refractivity (Wildman–Crippen MR) is 133 cm³/mol. The minimum Gasteiger partial charge on any atom is -0.447 e. The molecule has 1 unspecified atom stereocenters. The van der Waals surface area contributed by atoms with Crippen molar-refractivity contribution in [3.05, 3.63) is 65.2 Å². The van der Waals surface area contributed by atoms with E-state index in [1.54, 1.807) is 29.2 Å². The number of ether oxygens (including phenoxy) is 1. The fraction of sp³-hybridized carbons (Fsp3) is 0.481. The number of benzene rings is 2. The summed E-state index contributed by atoms with van der Waals surface area (Å²) in [4.78, 5) is 28.4. The first-order valence-electron chi connectivity index (χ1n) is 12.4. The molecule has 2 heterocycles. The Labute approximate surface area is 208 Å². The Balaban J connectivity index is 1.42. The molecule has 0 aliphatic carbocycles. The van der Waals surface area contributed by atoms with Crippen molar-refractivity contribution in [3.63, 3.8) is 0 Å². The molecule has 35 heavy (non-hydrogen) atoms. The van der Waals surface area contributed by atoms with E-state index in [1.165, 1.54) is 4.31 Å². The van der Waals surface area contributed by atoms with Gasteiger partial charge in [0.15, 0.2) is 0 Å². The number of hydrogen-bond acceptors (Lipinski definition) is 5. The summed E-state index contributed by atoms with van der Waals surface area (Å²) in [6.07, 6.45) is 2.76. The van der Waals surface area contributed by atoms with Crippen LogP contribution in [-0.2, 0) is 24.3 Å². The highest BCUT2D eigenvalue weighted by Gasteiger charge is 2.36. The SMILES string of the molecule is Cc1ccc(S(=O)(=O)N2CCC(C(=O)OC(C(=O)N3CCCCC3)c3ccccc3)CC2)cc1C. The van der Waals surface area contributed by atoms with Gasteiger partial charge >= 0.3 is 5.97 Å². The summed E-state index contributed by atoms with van der Waals surface area (Å²) in [5.41, 5.74) is 2.62. The Kier molecular flexibility index (Phi) is 7.91. The normalized spacial score (nSPS) is 18.7. The molecular formula is C27H34N2O5S. The van der Waals surface area contributed by atoms with Gasteiger partial charge in [-0.1, -0.05) is 36.4 Å². The lowest BCUT2D eigenvalue weighted by atomic mass is 9.98. The monoisotopic (exact) mass is 498 g/mol. The number of hydrogen-bond donors (Lipinski definition) is 0. The van der Waals surface area contributed by atoms with Gasteiger partial charge in [-0.15, -0.1) is 0 Å². The van der Waals surface area contributed by atoms with Gasteiger partial charge in [0.1, 0.15) is 0 Å². The van der Waals surface area contributed by atoms with Crippen LogP contribution in [0.1, 0.15) is 54.9 Å². The fourth-order valence-electron chi connectivity index (χ4n) is 4.74. The highest BCUT2D eigenvalue weighted by molar-refractivity contribution is 7.89. The highest BCUT2D eigenvalue weighted by atomic mass is 32.2. The first kappa shape index (κ1) is 25.4. The zero-order valence-corrected chi connectivity index (χ0v) is 21.3. The van der Waals surface area contributed by atoms with Crippen molar-refractivity contribution in [2.45, 2.75) is 57.0 Å². The van der Waals surface area contributed by atoms with Gasteiger partial charge in [-0.2, -0.15) is 4.31 Å². The molecule has 188 valence electrons. The maximum Gasteiger partial charge on any atom is 0.310 e. The van der Waals surface area contributed by atoms with E-state index < -0.39 is 28.0 Å². The molecule has 4 rings (SSSR count). The molecule has 7 nitrogen and oxygen atoms in total. The van der Waals surface area contributed by atoms with Gasteiger partial charge < -0.3 is 9.64 Å². The molecule has 2 fully saturated rings. The first-order chi connectivity index (χ1) is 16.8. The zero-order chi connectivity index (χ0) is 25.0. The predicted octanol–water partition coefficient (Wildman–Crippen LogP) is 4.00. The van der Waals surface area contributed by atoms with E-state index in [4.69, 9.17) is 4.74 Å². The van der Waals surface area contributed by atoms with Crippen molar-refractivity contribution in [1.82, 2.24) is 9.21 Å². The van der Waals surface area contributed by atoms with Crippen molar-refractivity contribution in [3.8, 4) is 0 Å². The number of piperidine rings is 2. The van der Waals surface area contributed by atoms with E-state index >= 15 is 0 Å². The van der Waals surface area contributed by atoms with Crippen LogP contribution >= 0.6 is 0 Å². The number of carbonyl (C=O) groups is 2. The number of aryl methyl sites for hydroxylation is 2. The molecule has 8 heteroatoms. The van der Waals surface area contributed by atoms with E-state index in [9.17, 15) is 18.0 Å². The smallest absolute Gasteiger partial charge is 0.310 e. The Hall–Kier alpha value is -2.71. The van der Waals surface area contributed by atoms with E-state index in [2.05, 4.69) is 0 Å². The summed E-state index contributed by atoms with van der Waals surface area (Å²) in [6.45, 7) is 5.67. The molecule has 0 bridgehead atoms. The number of nitrogens with zero attached hydrogens (tertiary/aromatic N) is 2. The molecule has 2 saturated heterocycles. The third-order valence-electron chi connectivity index (χ3n) is 7.13. The summed E-state index contributed by atoms with van der Waals surface area (Å²) >= 11 is 0. The first-order valence-corrected chi connectivity index (χ1v) is 13.8. The minimum absolute atomic E-state index is 0.181. The van der Waals surface area contributed by atoms with Crippen LogP contribution < -0.4 is 0 Å². The average Bonchev–Trinajstić information content (AvgIpc) is 2.89. The molecule has 0 saturated carbocycles. The number of likely N-dealkylation sites (tertiary alicyclic amines) is 1. The van der Waals surface area contributed by atoms with Crippen molar-refractivity contribution in [2.75, 3.05) is 26.2 Å². The average molecular weight is 499 g/mol. The van der Waals surface area contributed by atoms with E-state index in [1.807, 2.05) is 38.1 Å². The molecule has 2 aromatic rings. The van der Waals surface area contributed by atoms with E-state index in [0.29, 0.717) is 31.5 Å². The largest absolute Gasteiger partial charge is 0.447 e. The molecule has 1 amide bonds. The van der Waals surface area contributed by atoms with Crippen molar-refractivity contribution in [1.29, 1.82) is 0 Å². The van der Waals surface area contributed by atoms with Crippen LogP contribution in [0.2, 0.25) is 0 Å². The number of sulfonamides is 1. The summed E-state index contributed by atoms with van der Waals surface area (Å²) in [7, 11) is -3.62. The third-order valence-corrected chi connectivity index (χ3v) is 9.03. The molecule has 0 aromatic heterocycles. The van der Waals surface area contributed by atoms with E-state index in [-0.39, 0.29) is 23.9 Å². The van der Waals surface area contributed by atoms with Crippen LogP contribution in [0.15, 0.2) is 53.4 Å². The lowest BCUT2D eigenvalue weighted by Gasteiger charge is -2.33. The number of amides is 1. The number of esters is 1.